The van der Waals surface area contributed by atoms with Gasteiger partial charge < -0.3 is 43.0 Å². The first-order chi connectivity index (χ1) is 34.3. The lowest BCUT2D eigenvalue weighted by atomic mass is 10.0. The SMILES string of the molecule is CCCCCCCCCCCCCCCCCCCCCCCCCCCCCCCCCCCCCCCCCCOCCOCCOCCOCCOCCOCCOCCOCCC(=O)O. The lowest BCUT2D eigenvalue weighted by molar-refractivity contribution is -0.138. The molecule has 0 fully saturated rings. The minimum Gasteiger partial charge on any atom is -0.481 e. The van der Waals surface area contributed by atoms with Crippen LogP contribution in [-0.4, -0.2) is 117 Å². The van der Waals surface area contributed by atoms with E-state index in [0.717, 1.165) is 13.0 Å². The van der Waals surface area contributed by atoms with Gasteiger partial charge in [-0.2, -0.15) is 0 Å². The third-order valence-electron chi connectivity index (χ3n) is 13.2. The predicted octanol–water partition coefficient (Wildman–Crippen LogP) is 16.2. The van der Waals surface area contributed by atoms with Crippen LogP contribution in [0.2, 0.25) is 0 Å². The van der Waals surface area contributed by atoms with Crippen LogP contribution in [0, 0.1) is 0 Å². The van der Waals surface area contributed by atoms with Gasteiger partial charge in [-0.25, -0.2) is 0 Å². The topological polar surface area (TPSA) is 111 Å². The summed E-state index contributed by atoms with van der Waals surface area (Å²) in [4.78, 5) is 10.4. The average Bonchev–Trinajstić information content (AvgIpc) is 3.35. The highest BCUT2D eigenvalue weighted by Gasteiger charge is 2.01. The summed E-state index contributed by atoms with van der Waals surface area (Å²) < 4.78 is 43.8. The number of hydrogen-bond donors (Lipinski definition) is 1. The zero-order valence-corrected chi connectivity index (χ0v) is 45.9. The van der Waals surface area contributed by atoms with Crippen molar-refractivity contribution in [3.05, 3.63) is 0 Å². The van der Waals surface area contributed by atoms with Gasteiger partial charge in [-0.05, 0) is 6.42 Å². The molecule has 10 heteroatoms. The van der Waals surface area contributed by atoms with E-state index < -0.39 is 5.97 Å². The number of ether oxygens (including phenoxy) is 8. The monoisotopic (exact) mass is 987 g/mol. The standard InChI is InChI=1S/C59H118O10/c1-2-3-4-5-6-7-8-9-10-11-12-13-14-15-16-17-18-19-20-21-22-23-24-25-26-27-28-29-30-31-32-33-34-35-36-37-38-39-40-41-43-62-45-47-64-49-51-66-53-55-68-57-58-69-56-54-67-52-50-65-48-46-63-44-42-59(60)61/h2-58H2,1H3,(H,60,61). The zero-order valence-electron chi connectivity index (χ0n) is 45.9. The van der Waals surface area contributed by atoms with E-state index >= 15 is 0 Å². The fourth-order valence-electron chi connectivity index (χ4n) is 8.80. The van der Waals surface area contributed by atoms with E-state index in [-0.39, 0.29) is 13.0 Å². The fourth-order valence-corrected chi connectivity index (χ4v) is 8.80. The minimum absolute atomic E-state index is 0.00768. The van der Waals surface area contributed by atoms with Crippen LogP contribution in [-0.2, 0) is 42.7 Å². The molecule has 0 heterocycles. The maximum atomic E-state index is 10.4. The van der Waals surface area contributed by atoms with Crippen molar-refractivity contribution >= 4 is 5.97 Å². The number of aliphatic carboxylic acids is 1. The van der Waals surface area contributed by atoms with E-state index in [2.05, 4.69) is 6.92 Å². The number of carbonyl (C=O) groups is 1. The number of unbranched alkanes of at least 4 members (excludes halogenated alkanes) is 39. The predicted molar refractivity (Wildman–Crippen MR) is 289 cm³/mol. The molecule has 0 aliphatic heterocycles. The Bertz CT molecular complexity index is 910. The molecule has 69 heavy (non-hydrogen) atoms. The van der Waals surface area contributed by atoms with Crippen LogP contribution in [0.5, 0.6) is 0 Å². The van der Waals surface area contributed by atoms with E-state index in [9.17, 15) is 4.79 Å². The normalized spacial score (nSPS) is 11.7. The Labute approximate surface area is 428 Å². The number of rotatable bonds is 65. The summed E-state index contributed by atoms with van der Waals surface area (Å²) in [7, 11) is 0. The molecule has 0 rings (SSSR count). The van der Waals surface area contributed by atoms with Crippen LogP contribution < -0.4 is 0 Å². The van der Waals surface area contributed by atoms with Gasteiger partial charge >= 0.3 is 5.97 Å². The van der Waals surface area contributed by atoms with Gasteiger partial charge in [-0.1, -0.05) is 257 Å². The van der Waals surface area contributed by atoms with Crippen molar-refractivity contribution in [2.45, 2.75) is 270 Å². The Balaban J connectivity index is 3.07. The second-order valence-corrected chi connectivity index (χ2v) is 19.8. The highest BCUT2D eigenvalue weighted by molar-refractivity contribution is 5.66. The summed E-state index contributed by atoms with van der Waals surface area (Å²) in [6.07, 6.45) is 57.8. The molecule has 0 unspecified atom stereocenters. The van der Waals surface area contributed by atoms with Crippen LogP contribution in [0.3, 0.4) is 0 Å². The van der Waals surface area contributed by atoms with Crippen molar-refractivity contribution in [1.29, 1.82) is 0 Å². The number of carboxylic acids is 1. The summed E-state index contributed by atoms with van der Waals surface area (Å²) in [5.74, 6) is -0.863. The molecule has 0 bridgehead atoms. The van der Waals surface area contributed by atoms with Gasteiger partial charge in [-0.3, -0.25) is 4.79 Å². The summed E-state index contributed by atoms with van der Waals surface area (Å²) in [6, 6.07) is 0. The molecule has 414 valence electrons. The summed E-state index contributed by atoms with van der Waals surface area (Å²) >= 11 is 0. The fraction of sp³-hybridized carbons (Fsp3) is 0.983. The molecule has 0 aromatic carbocycles. The first-order valence-electron chi connectivity index (χ1n) is 30.1. The highest BCUT2D eigenvalue weighted by Crippen LogP contribution is 2.18. The van der Waals surface area contributed by atoms with E-state index in [1.165, 1.54) is 250 Å². The molecule has 0 spiro atoms. The summed E-state index contributed by atoms with van der Waals surface area (Å²) in [5.41, 5.74) is 0. The molecule has 0 aromatic heterocycles. The van der Waals surface area contributed by atoms with Crippen LogP contribution in [0.4, 0.5) is 0 Å². The van der Waals surface area contributed by atoms with Crippen LogP contribution in [0.15, 0.2) is 0 Å². The Morgan fingerprint density at radius 1 is 0.217 bits per heavy atom. The Kier molecular flexibility index (Phi) is 64.4. The van der Waals surface area contributed by atoms with Gasteiger partial charge in [0.15, 0.2) is 0 Å². The Morgan fingerprint density at radius 2 is 0.362 bits per heavy atom. The molecule has 0 saturated carbocycles. The van der Waals surface area contributed by atoms with E-state index in [0.29, 0.717) is 92.5 Å². The molecule has 0 radical (unpaired) electrons. The third-order valence-corrected chi connectivity index (χ3v) is 13.2. The maximum Gasteiger partial charge on any atom is 0.305 e. The first kappa shape index (κ1) is 68.2. The van der Waals surface area contributed by atoms with Crippen molar-refractivity contribution in [1.82, 2.24) is 0 Å². The molecule has 10 nitrogen and oxygen atoms in total. The molecule has 0 aliphatic rings. The van der Waals surface area contributed by atoms with Crippen LogP contribution >= 0.6 is 0 Å². The molecule has 0 atom stereocenters. The second kappa shape index (κ2) is 65.2. The molecular formula is C59H118O10. The Morgan fingerprint density at radius 3 is 0.536 bits per heavy atom. The van der Waals surface area contributed by atoms with Gasteiger partial charge in [0, 0.05) is 6.61 Å². The van der Waals surface area contributed by atoms with Crippen molar-refractivity contribution in [3.63, 3.8) is 0 Å². The zero-order chi connectivity index (χ0) is 49.5. The number of carboxylic acid groups (broad SMARTS) is 1. The largest absolute Gasteiger partial charge is 0.481 e. The molecule has 0 saturated heterocycles. The van der Waals surface area contributed by atoms with E-state index in [1.807, 2.05) is 0 Å². The lowest BCUT2D eigenvalue weighted by Crippen LogP contribution is -2.15. The molecule has 1 N–H and O–H groups in total. The van der Waals surface area contributed by atoms with Crippen molar-refractivity contribution < 1.29 is 47.8 Å². The highest BCUT2D eigenvalue weighted by atomic mass is 16.6. The van der Waals surface area contributed by atoms with Crippen LogP contribution in [0.1, 0.15) is 270 Å². The van der Waals surface area contributed by atoms with E-state index in [1.54, 1.807) is 0 Å². The third kappa shape index (κ3) is 67.2. The maximum absolute atomic E-state index is 10.4. The molecule has 0 amide bonds. The van der Waals surface area contributed by atoms with Gasteiger partial charge in [0.1, 0.15) is 0 Å². The van der Waals surface area contributed by atoms with Crippen molar-refractivity contribution in [2.75, 3.05) is 106 Å². The van der Waals surface area contributed by atoms with Crippen LogP contribution in [0.25, 0.3) is 0 Å². The Hall–Kier alpha value is -0.850. The smallest absolute Gasteiger partial charge is 0.305 e. The average molecular weight is 988 g/mol. The van der Waals surface area contributed by atoms with Crippen molar-refractivity contribution in [2.24, 2.45) is 0 Å². The number of hydrogen-bond acceptors (Lipinski definition) is 9. The first-order valence-corrected chi connectivity index (χ1v) is 30.1. The van der Waals surface area contributed by atoms with E-state index in [4.69, 9.17) is 43.0 Å². The second-order valence-electron chi connectivity index (χ2n) is 19.8. The van der Waals surface area contributed by atoms with Gasteiger partial charge in [0.05, 0.1) is 106 Å². The van der Waals surface area contributed by atoms with Gasteiger partial charge in [0.25, 0.3) is 0 Å². The minimum atomic E-state index is -0.863. The quantitative estimate of drug-likeness (QED) is 0.0591. The summed E-state index contributed by atoms with van der Waals surface area (Å²) in [6.45, 7) is 10.5. The lowest BCUT2D eigenvalue weighted by Gasteiger charge is -2.08. The summed E-state index contributed by atoms with van der Waals surface area (Å²) in [5, 5.41) is 8.53. The van der Waals surface area contributed by atoms with Gasteiger partial charge in [0.2, 0.25) is 0 Å². The molecular weight excluding hydrogens is 869 g/mol. The molecule has 0 aliphatic carbocycles. The van der Waals surface area contributed by atoms with Crippen molar-refractivity contribution in [3.8, 4) is 0 Å². The molecule has 0 aromatic rings. The van der Waals surface area contributed by atoms with Gasteiger partial charge in [-0.15, -0.1) is 0 Å².